The summed E-state index contributed by atoms with van der Waals surface area (Å²) < 4.78 is 5.34. The first kappa shape index (κ1) is 10.1. The number of hydrogen-bond donors (Lipinski definition) is 1. The maximum Gasteiger partial charge on any atom is 0.302 e. The van der Waals surface area contributed by atoms with Crippen molar-refractivity contribution >= 4 is 21.9 Å². The molecule has 0 aliphatic rings. The van der Waals surface area contributed by atoms with Crippen molar-refractivity contribution in [2.45, 2.75) is 13.5 Å². The summed E-state index contributed by atoms with van der Waals surface area (Å²) in [6.45, 7) is 1.43. The molecule has 70 valence electrons. The summed E-state index contributed by atoms with van der Waals surface area (Å²) in [5.74, 6) is -0.247. The van der Waals surface area contributed by atoms with Crippen LogP contribution >= 0.6 is 15.9 Å². The van der Waals surface area contributed by atoms with Gasteiger partial charge in [0.05, 0.1) is 4.47 Å². The summed E-state index contributed by atoms with van der Waals surface area (Å²) in [5.41, 5.74) is 0.588. The molecule has 0 spiro atoms. The van der Waals surface area contributed by atoms with E-state index < -0.39 is 0 Å². The van der Waals surface area contributed by atoms with Crippen LogP contribution in [-0.4, -0.2) is 11.1 Å². The fourth-order valence-corrected chi connectivity index (χ4v) is 1.26. The summed E-state index contributed by atoms with van der Waals surface area (Å²) in [4.78, 5) is 10.5. The standard InChI is InChI=1S/C9H9BrO3/c1-6(11)13-5-7-3-2-4-8(10)9(7)12/h2-4,12H,5H2,1H3. The predicted octanol–water partition coefficient (Wildman–Crippen LogP) is 2.22. The Hall–Kier alpha value is -1.03. The molecule has 0 saturated carbocycles. The van der Waals surface area contributed by atoms with Crippen LogP contribution in [0.3, 0.4) is 0 Å². The summed E-state index contributed by atoms with van der Waals surface area (Å²) in [7, 11) is 0. The van der Waals surface area contributed by atoms with Crippen molar-refractivity contribution in [3.05, 3.63) is 28.2 Å². The fraction of sp³-hybridized carbons (Fsp3) is 0.222. The number of benzene rings is 1. The molecular weight excluding hydrogens is 236 g/mol. The van der Waals surface area contributed by atoms with E-state index in [4.69, 9.17) is 4.74 Å². The number of para-hydroxylation sites is 1. The molecule has 13 heavy (non-hydrogen) atoms. The van der Waals surface area contributed by atoms with Crippen LogP contribution in [0, 0.1) is 0 Å². The Balaban J connectivity index is 2.77. The first-order valence-corrected chi connectivity index (χ1v) is 4.50. The number of ether oxygens (including phenoxy) is 1. The lowest BCUT2D eigenvalue weighted by molar-refractivity contribution is -0.142. The van der Waals surface area contributed by atoms with Gasteiger partial charge in [-0.15, -0.1) is 0 Å². The van der Waals surface area contributed by atoms with E-state index in [9.17, 15) is 9.90 Å². The van der Waals surface area contributed by atoms with Crippen molar-refractivity contribution in [1.29, 1.82) is 0 Å². The van der Waals surface area contributed by atoms with Crippen LogP contribution in [0.2, 0.25) is 0 Å². The van der Waals surface area contributed by atoms with E-state index >= 15 is 0 Å². The van der Waals surface area contributed by atoms with Crippen molar-refractivity contribution < 1.29 is 14.6 Å². The van der Waals surface area contributed by atoms with Gasteiger partial charge in [-0.05, 0) is 22.0 Å². The zero-order chi connectivity index (χ0) is 9.84. The van der Waals surface area contributed by atoms with Gasteiger partial charge in [0.2, 0.25) is 0 Å². The quantitative estimate of drug-likeness (QED) is 0.812. The van der Waals surface area contributed by atoms with Crippen molar-refractivity contribution in [2.75, 3.05) is 0 Å². The van der Waals surface area contributed by atoms with Crippen molar-refractivity contribution in [3.63, 3.8) is 0 Å². The van der Waals surface area contributed by atoms with Crippen LogP contribution in [0.15, 0.2) is 22.7 Å². The molecule has 0 aliphatic heterocycles. The summed E-state index contributed by atoms with van der Waals surface area (Å²) in [5, 5.41) is 9.47. The second-order valence-corrected chi connectivity index (χ2v) is 3.38. The number of phenolic OH excluding ortho intramolecular Hbond substituents is 1. The normalized spacial score (nSPS) is 9.69. The molecule has 0 atom stereocenters. The minimum atomic E-state index is -0.362. The smallest absolute Gasteiger partial charge is 0.302 e. The van der Waals surface area contributed by atoms with Gasteiger partial charge in [-0.25, -0.2) is 0 Å². The van der Waals surface area contributed by atoms with Gasteiger partial charge < -0.3 is 9.84 Å². The SMILES string of the molecule is CC(=O)OCc1cccc(Br)c1O. The Morgan fingerprint density at radius 2 is 2.31 bits per heavy atom. The van der Waals surface area contributed by atoms with Crippen molar-refractivity contribution in [3.8, 4) is 5.75 Å². The highest BCUT2D eigenvalue weighted by Crippen LogP contribution is 2.27. The van der Waals surface area contributed by atoms with Crippen molar-refractivity contribution in [1.82, 2.24) is 0 Å². The first-order chi connectivity index (χ1) is 6.11. The molecule has 0 amide bonds. The topological polar surface area (TPSA) is 46.5 Å². The lowest BCUT2D eigenvalue weighted by Crippen LogP contribution is -1.98. The van der Waals surface area contributed by atoms with E-state index in [1.807, 2.05) is 0 Å². The van der Waals surface area contributed by atoms with Crippen LogP contribution in [0.4, 0.5) is 0 Å². The Bertz CT molecular complexity index is 323. The molecule has 0 unspecified atom stereocenters. The molecule has 0 bridgehead atoms. The van der Waals surface area contributed by atoms with E-state index in [-0.39, 0.29) is 18.3 Å². The lowest BCUT2D eigenvalue weighted by atomic mass is 10.2. The minimum Gasteiger partial charge on any atom is -0.506 e. The molecular formula is C9H9BrO3. The second-order valence-electron chi connectivity index (χ2n) is 2.53. The number of carbonyl (C=O) groups excluding carboxylic acids is 1. The molecule has 4 heteroatoms. The van der Waals surface area contributed by atoms with E-state index in [1.54, 1.807) is 18.2 Å². The maximum atomic E-state index is 10.5. The molecule has 0 radical (unpaired) electrons. The third-order valence-corrected chi connectivity index (χ3v) is 2.14. The molecule has 1 aromatic carbocycles. The Labute approximate surface area is 84.5 Å². The maximum absolute atomic E-state index is 10.5. The Morgan fingerprint density at radius 1 is 1.62 bits per heavy atom. The molecule has 0 fully saturated rings. The zero-order valence-corrected chi connectivity index (χ0v) is 8.67. The van der Waals surface area contributed by atoms with E-state index in [2.05, 4.69) is 15.9 Å². The number of rotatable bonds is 2. The van der Waals surface area contributed by atoms with Crippen molar-refractivity contribution in [2.24, 2.45) is 0 Å². The monoisotopic (exact) mass is 244 g/mol. The third-order valence-electron chi connectivity index (χ3n) is 1.50. The molecule has 0 saturated heterocycles. The minimum absolute atomic E-state index is 0.0978. The van der Waals surface area contributed by atoms with Gasteiger partial charge in [0, 0.05) is 12.5 Å². The highest BCUT2D eigenvalue weighted by Gasteiger charge is 2.05. The Kier molecular flexibility index (Phi) is 3.31. The zero-order valence-electron chi connectivity index (χ0n) is 7.08. The summed E-state index contributed by atoms with van der Waals surface area (Å²) >= 11 is 3.16. The largest absolute Gasteiger partial charge is 0.506 e. The molecule has 0 aromatic heterocycles. The molecule has 1 N–H and O–H groups in total. The third kappa shape index (κ3) is 2.73. The summed E-state index contributed by atoms with van der Waals surface area (Å²) in [6, 6.07) is 5.18. The van der Waals surface area contributed by atoms with E-state index in [0.29, 0.717) is 10.0 Å². The first-order valence-electron chi connectivity index (χ1n) is 3.71. The number of hydrogen-bond acceptors (Lipinski definition) is 3. The molecule has 3 nitrogen and oxygen atoms in total. The van der Waals surface area contributed by atoms with Crippen LogP contribution < -0.4 is 0 Å². The number of carbonyl (C=O) groups is 1. The van der Waals surface area contributed by atoms with Gasteiger partial charge in [-0.2, -0.15) is 0 Å². The average Bonchev–Trinajstić information content (AvgIpc) is 2.07. The second kappa shape index (κ2) is 4.28. The van der Waals surface area contributed by atoms with Crippen LogP contribution in [0.5, 0.6) is 5.75 Å². The van der Waals surface area contributed by atoms with Gasteiger partial charge >= 0.3 is 5.97 Å². The average molecular weight is 245 g/mol. The molecule has 0 heterocycles. The molecule has 1 rings (SSSR count). The fourth-order valence-electron chi connectivity index (χ4n) is 0.856. The van der Waals surface area contributed by atoms with Gasteiger partial charge in [0.15, 0.2) is 0 Å². The van der Waals surface area contributed by atoms with Gasteiger partial charge in [0.25, 0.3) is 0 Å². The van der Waals surface area contributed by atoms with E-state index in [1.165, 1.54) is 6.92 Å². The van der Waals surface area contributed by atoms with Crippen LogP contribution in [0.25, 0.3) is 0 Å². The predicted molar refractivity (Wildman–Crippen MR) is 51.3 cm³/mol. The van der Waals surface area contributed by atoms with Gasteiger partial charge in [-0.1, -0.05) is 12.1 Å². The number of aromatic hydroxyl groups is 1. The highest BCUT2D eigenvalue weighted by molar-refractivity contribution is 9.10. The number of phenols is 1. The van der Waals surface area contributed by atoms with Crippen LogP contribution in [-0.2, 0) is 16.1 Å². The van der Waals surface area contributed by atoms with E-state index in [0.717, 1.165) is 0 Å². The highest BCUT2D eigenvalue weighted by atomic mass is 79.9. The van der Waals surface area contributed by atoms with Crippen LogP contribution in [0.1, 0.15) is 12.5 Å². The molecule has 1 aromatic rings. The van der Waals surface area contributed by atoms with Gasteiger partial charge in [0.1, 0.15) is 12.4 Å². The number of esters is 1. The molecule has 0 aliphatic carbocycles. The number of halogens is 1. The summed E-state index contributed by atoms with van der Waals surface area (Å²) in [6.07, 6.45) is 0. The lowest BCUT2D eigenvalue weighted by Gasteiger charge is -2.05. The van der Waals surface area contributed by atoms with Gasteiger partial charge in [-0.3, -0.25) is 4.79 Å². The Morgan fingerprint density at radius 3 is 2.92 bits per heavy atom.